The van der Waals surface area contributed by atoms with Crippen LogP contribution >= 0.6 is 11.6 Å². The Balaban J connectivity index is 2.55. The van der Waals surface area contributed by atoms with Crippen LogP contribution in [-0.2, 0) is 9.59 Å². The lowest BCUT2D eigenvalue weighted by molar-refractivity contribution is -0.126. The number of amides is 3. The first-order chi connectivity index (χ1) is 9.45. The lowest BCUT2D eigenvalue weighted by atomic mass is 10.2. The smallest absolute Gasteiger partial charge is 0.253 e. The number of carbonyl (C=O) groups is 3. The summed E-state index contributed by atoms with van der Waals surface area (Å²) in [5.41, 5.74) is 0.292. The van der Waals surface area contributed by atoms with E-state index in [1.54, 1.807) is 24.3 Å². The molecule has 3 N–H and O–H groups in total. The van der Waals surface area contributed by atoms with Crippen molar-refractivity contribution in [1.82, 2.24) is 16.0 Å². The Labute approximate surface area is 121 Å². The van der Waals surface area contributed by atoms with Crippen LogP contribution in [0.1, 0.15) is 17.3 Å². The van der Waals surface area contributed by atoms with Crippen molar-refractivity contribution in [2.75, 3.05) is 13.6 Å². The van der Waals surface area contributed by atoms with Crippen LogP contribution in [0.15, 0.2) is 24.3 Å². The number of benzene rings is 1. The zero-order chi connectivity index (χ0) is 15.1. The first-order valence-electron chi connectivity index (χ1n) is 5.99. The normalized spacial score (nSPS) is 11.3. The Morgan fingerprint density at radius 3 is 2.50 bits per heavy atom. The standard InChI is InChI=1S/C13H16ClN3O3/c1-8(12(19)16-7-11(18)15-2)17-13(20)9-5-3-4-6-10(9)14/h3-6,8H,7H2,1-2H3,(H,15,18)(H,16,19)(H,17,20). The molecule has 1 rings (SSSR count). The van der Waals surface area contributed by atoms with Crippen molar-refractivity contribution >= 4 is 29.3 Å². The fraction of sp³-hybridized carbons (Fsp3) is 0.308. The van der Waals surface area contributed by atoms with E-state index in [0.29, 0.717) is 10.6 Å². The zero-order valence-electron chi connectivity index (χ0n) is 11.2. The Morgan fingerprint density at radius 1 is 1.25 bits per heavy atom. The number of likely N-dealkylation sites (N-methyl/N-ethyl adjacent to an activating group) is 1. The van der Waals surface area contributed by atoms with Gasteiger partial charge in [-0.1, -0.05) is 23.7 Å². The van der Waals surface area contributed by atoms with Crippen LogP contribution in [0.2, 0.25) is 5.02 Å². The Morgan fingerprint density at radius 2 is 1.90 bits per heavy atom. The predicted octanol–water partition coefficient (Wildman–Crippen LogP) is 0.321. The van der Waals surface area contributed by atoms with Crippen molar-refractivity contribution in [1.29, 1.82) is 0 Å². The molecule has 0 saturated heterocycles. The van der Waals surface area contributed by atoms with Gasteiger partial charge in [0.2, 0.25) is 11.8 Å². The van der Waals surface area contributed by atoms with Gasteiger partial charge in [0.15, 0.2) is 0 Å². The molecule has 7 heteroatoms. The van der Waals surface area contributed by atoms with E-state index in [9.17, 15) is 14.4 Å². The van der Waals surface area contributed by atoms with Crippen molar-refractivity contribution < 1.29 is 14.4 Å². The molecule has 1 aromatic rings. The molecular weight excluding hydrogens is 282 g/mol. The van der Waals surface area contributed by atoms with E-state index in [-0.39, 0.29) is 12.5 Å². The summed E-state index contributed by atoms with van der Waals surface area (Å²) in [4.78, 5) is 34.6. The molecule has 0 aliphatic carbocycles. The van der Waals surface area contributed by atoms with Crippen LogP contribution < -0.4 is 16.0 Å². The van der Waals surface area contributed by atoms with E-state index in [1.165, 1.54) is 14.0 Å². The molecule has 0 fully saturated rings. The molecule has 1 unspecified atom stereocenters. The zero-order valence-corrected chi connectivity index (χ0v) is 12.0. The third kappa shape index (κ3) is 4.55. The Kier molecular flexibility index (Phi) is 5.99. The molecule has 0 aliphatic rings. The third-order valence-electron chi connectivity index (χ3n) is 2.56. The summed E-state index contributed by atoms with van der Waals surface area (Å²) in [5, 5.41) is 7.60. The summed E-state index contributed by atoms with van der Waals surface area (Å²) in [5.74, 6) is -1.21. The number of hydrogen-bond acceptors (Lipinski definition) is 3. The highest BCUT2D eigenvalue weighted by atomic mass is 35.5. The minimum absolute atomic E-state index is 0.137. The number of carbonyl (C=O) groups excluding carboxylic acids is 3. The van der Waals surface area contributed by atoms with Gasteiger partial charge in [-0.05, 0) is 19.1 Å². The first kappa shape index (κ1) is 16.0. The van der Waals surface area contributed by atoms with E-state index in [1.807, 2.05) is 0 Å². The Hall–Kier alpha value is -2.08. The number of rotatable bonds is 5. The number of nitrogens with one attached hydrogen (secondary N) is 3. The second-order valence-corrected chi connectivity index (χ2v) is 4.47. The molecule has 0 saturated carbocycles. The van der Waals surface area contributed by atoms with Gasteiger partial charge < -0.3 is 16.0 Å². The largest absolute Gasteiger partial charge is 0.358 e. The lowest BCUT2D eigenvalue weighted by Crippen LogP contribution is -2.47. The monoisotopic (exact) mass is 297 g/mol. The van der Waals surface area contributed by atoms with Crippen molar-refractivity contribution in [2.45, 2.75) is 13.0 Å². The first-order valence-corrected chi connectivity index (χ1v) is 6.37. The molecule has 0 bridgehead atoms. The van der Waals surface area contributed by atoms with E-state index in [0.717, 1.165) is 0 Å². The van der Waals surface area contributed by atoms with Gasteiger partial charge in [-0.2, -0.15) is 0 Å². The summed E-state index contributed by atoms with van der Waals surface area (Å²) >= 11 is 5.89. The van der Waals surface area contributed by atoms with E-state index in [2.05, 4.69) is 16.0 Å². The molecule has 0 spiro atoms. The maximum Gasteiger partial charge on any atom is 0.253 e. The summed E-state index contributed by atoms with van der Waals surface area (Å²) in [7, 11) is 1.47. The third-order valence-corrected chi connectivity index (χ3v) is 2.89. The quantitative estimate of drug-likeness (QED) is 0.731. The number of halogens is 1. The highest BCUT2D eigenvalue weighted by Crippen LogP contribution is 2.14. The van der Waals surface area contributed by atoms with Gasteiger partial charge in [0.25, 0.3) is 5.91 Å². The van der Waals surface area contributed by atoms with E-state index < -0.39 is 17.9 Å². The average molecular weight is 298 g/mol. The SMILES string of the molecule is CNC(=O)CNC(=O)C(C)NC(=O)c1ccccc1Cl. The summed E-state index contributed by atoms with van der Waals surface area (Å²) in [6, 6.07) is 5.76. The molecule has 0 heterocycles. The lowest BCUT2D eigenvalue weighted by Gasteiger charge is -2.14. The van der Waals surface area contributed by atoms with Gasteiger partial charge in [-0.15, -0.1) is 0 Å². The molecule has 1 aromatic carbocycles. The molecular formula is C13H16ClN3O3. The van der Waals surface area contributed by atoms with Gasteiger partial charge in [-0.25, -0.2) is 0 Å². The maximum absolute atomic E-state index is 11.9. The topological polar surface area (TPSA) is 87.3 Å². The second-order valence-electron chi connectivity index (χ2n) is 4.07. The van der Waals surface area contributed by atoms with Crippen molar-refractivity contribution in [2.24, 2.45) is 0 Å². The van der Waals surface area contributed by atoms with Gasteiger partial charge in [0.05, 0.1) is 17.1 Å². The molecule has 20 heavy (non-hydrogen) atoms. The van der Waals surface area contributed by atoms with Crippen molar-refractivity contribution in [3.63, 3.8) is 0 Å². The molecule has 6 nitrogen and oxygen atoms in total. The molecule has 3 amide bonds. The van der Waals surface area contributed by atoms with Gasteiger partial charge >= 0.3 is 0 Å². The van der Waals surface area contributed by atoms with Crippen LogP contribution in [0.4, 0.5) is 0 Å². The van der Waals surface area contributed by atoms with Crippen LogP contribution in [0.3, 0.4) is 0 Å². The molecule has 0 aromatic heterocycles. The Bertz CT molecular complexity index is 519. The number of hydrogen-bond donors (Lipinski definition) is 3. The van der Waals surface area contributed by atoms with Gasteiger partial charge in [-0.3, -0.25) is 14.4 Å². The minimum atomic E-state index is -0.775. The molecule has 0 radical (unpaired) electrons. The van der Waals surface area contributed by atoms with Gasteiger partial charge in [0, 0.05) is 7.05 Å². The summed E-state index contributed by atoms with van der Waals surface area (Å²) in [6.07, 6.45) is 0. The predicted molar refractivity (Wildman–Crippen MR) is 75.5 cm³/mol. The summed E-state index contributed by atoms with van der Waals surface area (Å²) in [6.45, 7) is 1.38. The molecule has 1 atom stereocenters. The van der Waals surface area contributed by atoms with Crippen LogP contribution in [0.5, 0.6) is 0 Å². The fourth-order valence-electron chi connectivity index (χ4n) is 1.39. The van der Waals surface area contributed by atoms with Crippen molar-refractivity contribution in [3.05, 3.63) is 34.9 Å². The minimum Gasteiger partial charge on any atom is -0.358 e. The van der Waals surface area contributed by atoms with Crippen LogP contribution in [0, 0.1) is 0 Å². The average Bonchev–Trinajstić information content (AvgIpc) is 2.44. The molecule has 108 valence electrons. The highest BCUT2D eigenvalue weighted by molar-refractivity contribution is 6.33. The van der Waals surface area contributed by atoms with E-state index in [4.69, 9.17) is 11.6 Å². The summed E-state index contributed by atoms with van der Waals surface area (Å²) < 4.78 is 0. The van der Waals surface area contributed by atoms with Crippen LogP contribution in [0.25, 0.3) is 0 Å². The highest BCUT2D eigenvalue weighted by Gasteiger charge is 2.18. The second kappa shape index (κ2) is 7.49. The van der Waals surface area contributed by atoms with Crippen molar-refractivity contribution in [3.8, 4) is 0 Å². The molecule has 0 aliphatic heterocycles. The van der Waals surface area contributed by atoms with Gasteiger partial charge in [0.1, 0.15) is 6.04 Å². The van der Waals surface area contributed by atoms with Crippen LogP contribution in [-0.4, -0.2) is 37.4 Å². The maximum atomic E-state index is 11.9. The van der Waals surface area contributed by atoms with E-state index >= 15 is 0 Å². The fourth-order valence-corrected chi connectivity index (χ4v) is 1.62.